The van der Waals surface area contributed by atoms with Crippen LogP contribution >= 0.6 is 11.3 Å². The molecule has 0 spiro atoms. The van der Waals surface area contributed by atoms with Gasteiger partial charge in [-0.15, -0.1) is 11.3 Å². The normalized spacial score (nSPS) is 21.5. The number of aromatic amines is 1. The monoisotopic (exact) mass is 360 g/mol. The van der Waals surface area contributed by atoms with E-state index < -0.39 is 0 Å². The number of hydrogen-bond donors (Lipinski definition) is 1. The molecule has 3 heterocycles. The quantitative estimate of drug-likeness (QED) is 0.886. The highest BCUT2D eigenvalue weighted by Crippen LogP contribution is 2.35. The highest BCUT2D eigenvalue weighted by Gasteiger charge is 2.24. The van der Waals surface area contributed by atoms with E-state index >= 15 is 0 Å². The van der Waals surface area contributed by atoms with E-state index in [-0.39, 0.29) is 11.5 Å². The summed E-state index contributed by atoms with van der Waals surface area (Å²) in [5, 5.41) is 0.817. The minimum absolute atomic E-state index is 0.00873. The zero-order chi connectivity index (χ0) is 17.6. The van der Waals surface area contributed by atoms with Crippen LogP contribution in [-0.2, 0) is 24.2 Å². The van der Waals surface area contributed by atoms with Gasteiger partial charge in [0.25, 0.3) is 5.56 Å². The maximum Gasteiger partial charge on any atom is 0.259 e. The first-order chi connectivity index (χ1) is 12.0. The molecule has 1 fully saturated rings. The summed E-state index contributed by atoms with van der Waals surface area (Å²) in [6.07, 6.45) is 3.21. The van der Waals surface area contributed by atoms with Crippen molar-refractivity contribution in [3.63, 3.8) is 0 Å². The number of amides is 1. The van der Waals surface area contributed by atoms with Gasteiger partial charge in [-0.1, -0.05) is 6.92 Å². The first kappa shape index (κ1) is 16.7. The Balaban J connectivity index is 1.56. The number of rotatable bonds is 2. The predicted octanol–water partition coefficient (Wildman–Crippen LogP) is 1.77. The zero-order valence-corrected chi connectivity index (χ0v) is 15.6. The zero-order valence-electron chi connectivity index (χ0n) is 14.8. The second kappa shape index (κ2) is 6.53. The summed E-state index contributed by atoms with van der Waals surface area (Å²) in [4.78, 5) is 38.2. The first-order valence-corrected chi connectivity index (χ1v) is 9.84. The van der Waals surface area contributed by atoms with Gasteiger partial charge in [-0.3, -0.25) is 14.5 Å². The molecule has 0 aromatic carbocycles. The van der Waals surface area contributed by atoms with E-state index in [0.717, 1.165) is 61.5 Å². The molecule has 2 aromatic heterocycles. The average Bonchev–Trinajstić information content (AvgIpc) is 2.92. The molecule has 1 saturated heterocycles. The fourth-order valence-corrected chi connectivity index (χ4v) is 5.30. The number of aryl methyl sites for hydroxylation is 1. The second-order valence-corrected chi connectivity index (χ2v) is 8.41. The lowest BCUT2D eigenvalue weighted by molar-refractivity contribution is -0.130. The van der Waals surface area contributed by atoms with Gasteiger partial charge in [0.15, 0.2) is 0 Å². The molecule has 0 saturated carbocycles. The predicted molar refractivity (Wildman–Crippen MR) is 99.0 cm³/mol. The van der Waals surface area contributed by atoms with E-state index in [0.29, 0.717) is 12.5 Å². The summed E-state index contributed by atoms with van der Waals surface area (Å²) in [7, 11) is 0. The van der Waals surface area contributed by atoms with Crippen LogP contribution in [0.2, 0.25) is 0 Å². The second-order valence-electron chi connectivity index (χ2n) is 7.33. The third-order valence-electron chi connectivity index (χ3n) is 5.41. The lowest BCUT2D eigenvalue weighted by atomic mass is 9.89. The number of nitrogens with zero attached hydrogens (tertiary/aromatic N) is 3. The van der Waals surface area contributed by atoms with Crippen LogP contribution in [0.4, 0.5) is 0 Å². The smallest absolute Gasteiger partial charge is 0.259 e. The number of hydrogen-bond acceptors (Lipinski definition) is 5. The maximum atomic E-state index is 12.6. The molecule has 2 aromatic rings. The molecule has 4 rings (SSSR count). The van der Waals surface area contributed by atoms with Gasteiger partial charge in [-0.2, -0.15) is 0 Å². The van der Waals surface area contributed by atoms with Gasteiger partial charge in [0.2, 0.25) is 5.91 Å². The van der Waals surface area contributed by atoms with Gasteiger partial charge in [-0.05, 0) is 30.7 Å². The molecule has 0 bridgehead atoms. The summed E-state index contributed by atoms with van der Waals surface area (Å²) in [6.45, 7) is 7.65. The Bertz CT molecular complexity index is 864. The lowest BCUT2D eigenvalue weighted by Gasteiger charge is -2.33. The number of thiophene rings is 1. The summed E-state index contributed by atoms with van der Waals surface area (Å²) in [5.41, 5.74) is 1.24. The minimum atomic E-state index is 0.00873. The van der Waals surface area contributed by atoms with Crippen LogP contribution in [0.3, 0.4) is 0 Å². The molecule has 7 heteroatoms. The fourth-order valence-electron chi connectivity index (χ4n) is 3.90. The van der Waals surface area contributed by atoms with E-state index in [1.165, 1.54) is 10.4 Å². The number of carbonyl (C=O) groups is 1. The average molecular weight is 360 g/mol. The van der Waals surface area contributed by atoms with Crippen molar-refractivity contribution in [3.8, 4) is 0 Å². The van der Waals surface area contributed by atoms with Crippen molar-refractivity contribution >= 4 is 27.5 Å². The van der Waals surface area contributed by atoms with Crippen LogP contribution in [-0.4, -0.2) is 51.9 Å². The molecule has 2 aliphatic rings. The fraction of sp³-hybridized carbons (Fsp3) is 0.611. The van der Waals surface area contributed by atoms with E-state index in [9.17, 15) is 9.59 Å². The van der Waals surface area contributed by atoms with Crippen molar-refractivity contribution in [2.24, 2.45) is 5.92 Å². The van der Waals surface area contributed by atoms with Crippen molar-refractivity contribution in [3.05, 3.63) is 26.6 Å². The highest BCUT2D eigenvalue weighted by molar-refractivity contribution is 7.18. The molecular formula is C18H24N4O2S. The molecule has 1 atom stereocenters. The Morgan fingerprint density at radius 3 is 2.80 bits per heavy atom. The van der Waals surface area contributed by atoms with Gasteiger partial charge in [0, 0.05) is 38.0 Å². The SMILES string of the molecule is CC(=O)N1CCN(Cc2nc3sc4c(c3c(=O)[nH]2)CC[C@H](C)C4)CC1. The van der Waals surface area contributed by atoms with Crippen LogP contribution in [0.5, 0.6) is 0 Å². The highest BCUT2D eigenvalue weighted by atomic mass is 32.1. The Kier molecular flexibility index (Phi) is 4.37. The number of nitrogens with one attached hydrogen (secondary N) is 1. The van der Waals surface area contributed by atoms with Gasteiger partial charge < -0.3 is 9.88 Å². The molecule has 0 unspecified atom stereocenters. The number of fused-ring (bicyclic) bond motifs is 3. The van der Waals surface area contributed by atoms with E-state index in [2.05, 4.69) is 16.8 Å². The van der Waals surface area contributed by atoms with Crippen molar-refractivity contribution < 1.29 is 4.79 Å². The molecule has 1 aliphatic carbocycles. The number of aromatic nitrogens is 2. The van der Waals surface area contributed by atoms with E-state index in [4.69, 9.17) is 4.98 Å². The summed E-state index contributed by atoms with van der Waals surface area (Å²) < 4.78 is 0. The maximum absolute atomic E-state index is 12.6. The third kappa shape index (κ3) is 3.22. The molecule has 1 aliphatic heterocycles. The summed E-state index contributed by atoms with van der Waals surface area (Å²) >= 11 is 1.70. The van der Waals surface area contributed by atoms with Gasteiger partial charge >= 0.3 is 0 Å². The standard InChI is InChI=1S/C18H24N4O2S/c1-11-3-4-13-14(9-11)25-18-16(13)17(24)19-15(20-18)10-21-5-7-22(8-6-21)12(2)23/h11H,3-10H2,1-2H3,(H,19,20,24)/t11-/m0/s1. The molecule has 134 valence electrons. The van der Waals surface area contributed by atoms with Crippen LogP contribution in [0.1, 0.15) is 36.5 Å². The Morgan fingerprint density at radius 1 is 1.32 bits per heavy atom. The van der Waals surface area contributed by atoms with Gasteiger partial charge in [0.05, 0.1) is 11.9 Å². The third-order valence-corrected chi connectivity index (χ3v) is 6.55. The van der Waals surface area contributed by atoms with Crippen LogP contribution in [0.15, 0.2) is 4.79 Å². The van der Waals surface area contributed by atoms with E-state index in [1.807, 2.05) is 4.90 Å². The van der Waals surface area contributed by atoms with Crippen molar-refractivity contribution in [2.75, 3.05) is 26.2 Å². The molecule has 1 N–H and O–H groups in total. The van der Waals surface area contributed by atoms with Gasteiger partial charge in [0.1, 0.15) is 10.7 Å². The first-order valence-electron chi connectivity index (χ1n) is 9.02. The Morgan fingerprint density at radius 2 is 2.08 bits per heavy atom. The van der Waals surface area contributed by atoms with Crippen LogP contribution in [0.25, 0.3) is 10.2 Å². The summed E-state index contributed by atoms with van der Waals surface area (Å²) in [5.74, 6) is 1.56. The molecule has 1 amide bonds. The topological polar surface area (TPSA) is 69.3 Å². The van der Waals surface area contributed by atoms with Gasteiger partial charge in [-0.25, -0.2) is 4.98 Å². The minimum Gasteiger partial charge on any atom is -0.340 e. The number of piperazine rings is 1. The summed E-state index contributed by atoms with van der Waals surface area (Å²) in [6, 6.07) is 0. The molecule has 0 radical (unpaired) electrons. The van der Waals surface area contributed by atoms with Crippen molar-refractivity contribution in [2.45, 2.75) is 39.7 Å². The van der Waals surface area contributed by atoms with Crippen molar-refractivity contribution in [1.29, 1.82) is 0 Å². The number of H-pyrrole nitrogens is 1. The molecule has 25 heavy (non-hydrogen) atoms. The Labute approximate surface area is 150 Å². The largest absolute Gasteiger partial charge is 0.340 e. The van der Waals surface area contributed by atoms with Crippen LogP contribution in [0, 0.1) is 5.92 Å². The van der Waals surface area contributed by atoms with E-state index in [1.54, 1.807) is 18.3 Å². The van der Waals surface area contributed by atoms with Crippen molar-refractivity contribution in [1.82, 2.24) is 19.8 Å². The molecular weight excluding hydrogens is 336 g/mol. The number of carbonyl (C=O) groups excluding carboxylic acids is 1. The lowest BCUT2D eigenvalue weighted by Crippen LogP contribution is -2.47. The molecule has 6 nitrogen and oxygen atoms in total. The Hall–Kier alpha value is -1.73. The van der Waals surface area contributed by atoms with Crippen LogP contribution < -0.4 is 5.56 Å².